The van der Waals surface area contributed by atoms with Crippen LogP contribution in [0.15, 0.2) is 9.59 Å². The Morgan fingerprint density at radius 2 is 1.88 bits per heavy atom. The quantitative estimate of drug-likeness (QED) is 0.456. The molecule has 17 heavy (non-hydrogen) atoms. The molecule has 0 amide bonds. The van der Waals surface area contributed by atoms with E-state index in [1.54, 1.807) is 0 Å². The fourth-order valence-corrected chi connectivity index (χ4v) is 1.40. The molecule has 0 saturated heterocycles. The lowest BCUT2D eigenvalue weighted by Gasteiger charge is -1.98. The van der Waals surface area contributed by atoms with Gasteiger partial charge in [-0.05, 0) is 9.91 Å². The highest BCUT2D eigenvalue weighted by atomic mass is 16.6. The minimum absolute atomic E-state index is 0. The van der Waals surface area contributed by atoms with Crippen LogP contribution in [0.5, 0.6) is 0 Å². The smallest absolute Gasteiger partial charge is 0.412 e. The van der Waals surface area contributed by atoms with Crippen LogP contribution in [0, 0.1) is 10.1 Å². The fourth-order valence-electron chi connectivity index (χ4n) is 1.40. The van der Waals surface area contributed by atoms with Gasteiger partial charge < -0.3 is 15.6 Å². The molecule has 2 aromatic rings. The number of nitrogens with zero attached hydrogens (tertiary/aromatic N) is 4. The van der Waals surface area contributed by atoms with Gasteiger partial charge in [0, 0.05) is 14.1 Å². The molecule has 3 N–H and O–H groups in total. The van der Waals surface area contributed by atoms with Crippen LogP contribution in [0.25, 0.3) is 11.2 Å². The van der Waals surface area contributed by atoms with E-state index in [2.05, 4.69) is 9.97 Å². The van der Waals surface area contributed by atoms with Crippen LogP contribution in [0.4, 0.5) is 5.95 Å². The lowest BCUT2D eigenvalue weighted by molar-refractivity contribution is -0.393. The average molecular weight is 243 g/mol. The summed E-state index contributed by atoms with van der Waals surface area (Å²) < 4.78 is 1.92. The summed E-state index contributed by atoms with van der Waals surface area (Å²) >= 11 is 0. The predicted molar refractivity (Wildman–Crippen MR) is 56.8 cm³/mol. The summed E-state index contributed by atoms with van der Waals surface area (Å²) in [5.41, 5.74) is -1.31. The van der Waals surface area contributed by atoms with Gasteiger partial charge in [0.2, 0.25) is 5.52 Å². The third-order valence-electron chi connectivity index (χ3n) is 2.26. The van der Waals surface area contributed by atoms with Crippen LogP contribution >= 0.6 is 0 Å². The van der Waals surface area contributed by atoms with E-state index in [1.807, 2.05) is 0 Å². The Morgan fingerprint density at radius 1 is 1.29 bits per heavy atom. The van der Waals surface area contributed by atoms with Crippen LogP contribution in [0.3, 0.4) is 0 Å². The first-order valence-corrected chi connectivity index (χ1v) is 4.23. The van der Waals surface area contributed by atoms with E-state index < -0.39 is 22.1 Å². The molecule has 92 valence electrons. The third-order valence-corrected chi connectivity index (χ3v) is 2.26. The molecule has 0 unspecified atom stereocenters. The minimum Gasteiger partial charge on any atom is -0.412 e. The summed E-state index contributed by atoms with van der Waals surface area (Å²) in [4.78, 5) is 38.6. The molecule has 2 heterocycles. The van der Waals surface area contributed by atoms with Gasteiger partial charge in [-0.2, -0.15) is 0 Å². The summed E-state index contributed by atoms with van der Waals surface area (Å²) in [6, 6.07) is 0. The van der Waals surface area contributed by atoms with Crippen LogP contribution in [-0.2, 0) is 14.1 Å². The van der Waals surface area contributed by atoms with Crippen molar-refractivity contribution in [1.29, 1.82) is 0 Å². The zero-order valence-corrected chi connectivity index (χ0v) is 8.92. The summed E-state index contributed by atoms with van der Waals surface area (Å²) in [5, 5.41) is 10.5. The normalized spacial score (nSPS) is 10.2. The van der Waals surface area contributed by atoms with Gasteiger partial charge in [0.25, 0.3) is 11.2 Å². The van der Waals surface area contributed by atoms with Crippen molar-refractivity contribution in [2.24, 2.45) is 14.1 Å². The molecule has 10 nitrogen and oxygen atoms in total. The molecule has 0 radical (unpaired) electrons. The molecule has 0 aliphatic rings. The van der Waals surface area contributed by atoms with Crippen LogP contribution in [0.1, 0.15) is 0 Å². The van der Waals surface area contributed by atoms with Crippen molar-refractivity contribution in [2.45, 2.75) is 0 Å². The number of rotatable bonds is 1. The lowest BCUT2D eigenvalue weighted by Crippen LogP contribution is -2.36. The van der Waals surface area contributed by atoms with Gasteiger partial charge in [-0.3, -0.25) is 13.9 Å². The maximum absolute atomic E-state index is 11.6. The topological polar surface area (TPSA) is 147 Å². The number of hydrogen-bond acceptors (Lipinski definition) is 5. The molecule has 2 aromatic heterocycles. The number of aromatic amines is 1. The van der Waals surface area contributed by atoms with Gasteiger partial charge in [-0.25, -0.2) is 9.78 Å². The van der Waals surface area contributed by atoms with E-state index in [-0.39, 0.29) is 16.6 Å². The number of fused-ring (bicyclic) bond motifs is 1. The van der Waals surface area contributed by atoms with E-state index in [0.717, 1.165) is 9.13 Å². The van der Waals surface area contributed by atoms with Crippen molar-refractivity contribution in [3.63, 3.8) is 0 Å². The lowest BCUT2D eigenvalue weighted by atomic mass is 10.5. The van der Waals surface area contributed by atoms with E-state index in [1.165, 1.54) is 14.1 Å². The molecule has 0 saturated carbocycles. The Morgan fingerprint density at radius 3 is 2.41 bits per heavy atom. The Bertz CT molecular complexity index is 708. The number of aryl methyl sites for hydroxylation is 1. The third kappa shape index (κ3) is 1.59. The zero-order chi connectivity index (χ0) is 12.0. The van der Waals surface area contributed by atoms with E-state index in [4.69, 9.17) is 0 Å². The Kier molecular flexibility index (Phi) is 2.83. The number of nitrogens with one attached hydrogen (secondary N) is 1. The Labute approximate surface area is 92.6 Å². The van der Waals surface area contributed by atoms with Gasteiger partial charge in [-0.1, -0.05) is 0 Å². The highest BCUT2D eigenvalue weighted by molar-refractivity contribution is 5.71. The van der Waals surface area contributed by atoms with Crippen LogP contribution in [-0.4, -0.2) is 29.5 Å². The predicted octanol–water partition coefficient (Wildman–Crippen LogP) is -1.96. The van der Waals surface area contributed by atoms with Crippen molar-refractivity contribution in [2.75, 3.05) is 0 Å². The number of nitro groups is 1. The van der Waals surface area contributed by atoms with Crippen molar-refractivity contribution in [3.05, 3.63) is 31.0 Å². The number of H-pyrrole nitrogens is 1. The molecule has 0 spiro atoms. The summed E-state index contributed by atoms with van der Waals surface area (Å²) in [6.45, 7) is 0. The number of imidazole rings is 1. The first-order valence-electron chi connectivity index (χ1n) is 4.23. The van der Waals surface area contributed by atoms with E-state index in [0.29, 0.717) is 0 Å². The SMILES string of the molecule is Cn1c(=O)c2[nH]c([N+](=O)[O-])nc2n(C)c1=O.O. The van der Waals surface area contributed by atoms with Gasteiger partial charge in [0.1, 0.15) is 0 Å². The monoisotopic (exact) mass is 243 g/mol. The molecular weight excluding hydrogens is 234 g/mol. The second kappa shape index (κ2) is 3.83. The fraction of sp³-hybridized carbons (Fsp3) is 0.286. The minimum atomic E-state index is -0.760. The average Bonchev–Trinajstić information content (AvgIpc) is 2.68. The maximum Gasteiger partial charge on any atom is 0.435 e. The van der Waals surface area contributed by atoms with Crippen molar-refractivity contribution >= 4 is 17.1 Å². The van der Waals surface area contributed by atoms with Gasteiger partial charge >= 0.3 is 11.6 Å². The maximum atomic E-state index is 11.6. The molecule has 0 aliphatic heterocycles. The highest BCUT2D eigenvalue weighted by Gasteiger charge is 2.20. The summed E-state index contributed by atoms with van der Waals surface area (Å²) in [7, 11) is 2.67. The van der Waals surface area contributed by atoms with Crippen molar-refractivity contribution < 1.29 is 10.4 Å². The van der Waals surface area contributed by atoms with Gasteiger partial charge in [0.15, 0.2) is 0 Å². The van der Waals surface area contributed by atoms with E-state index >= 15 is 0 Å². The molecule has 2 rings (SSSR count). The zero-order valence-electron chi connectivity index (χ0n) is 8.92. The standard InChI is InChI=1S/C7H7N5O4.H2O/c1-10-4-3(5(13)11(2)7(10)14)8-6(9-4)12(15)16;/h1-2H3,(H,8,9);1H2. The van der Waals surface area contributed by atoms with Gasteiger partial charge in [0.05, 0.1) is 0 Å². The summed E-state index contributed by atoms with van der Waals surface area (Å²) in [5.74, 6) is -0.562. The number of aromatic nitrogens is 4. The van der Waals surface area contributed by atoms with Crippen LogP contribution < -0.4 is 11.2 Å². The molecule has 0 fully saturated rings. The van der Waals surface area contributed by atoms with Crippen molar-refractivity contribution in [1.82, 2.24) is 19.1 Å². The highest BCUT2D eigenvalue weighted by Crippen LogP contribution is 2.09. The second-order valence-electron chi connectivity index (χ2n) is 3.22. The Balaban J connectivity index is 0.00000144. The number of hydrogen-bond donors (Lipinski definition) is 1. The van der Waals surface area contributed by atoms with E-state index in [9.17, 15) is 19.7 Å². The molecular formula is C7H9N5O5. The summed E-state index contributed by atoms with van der Waals surface area (Å²) in [6.07, 6.45) is 0. The van der Waals surface area contributed by atoms with Crippen molar-refractivity contribution in [3.8, 4) is 0 Å². The van der Waals surface area contributed by atoms with Gasteiger partial charge in [-0.15, -0.1) is 0 Å². The molecule has 0 aliphatic carbocycles. The van der Waals surface area contributed by atoms with Crippen LogP contribution in [0.2, 0.25) is 0 Å². The molecule has 0 atom stereocenters. The molecule has 0 bridgehead atoms. The molecule has 0 aromatic carbocycles. The molecule has 10 heteroatoms. The first-order chi connectivity index (χ1) is 7.43. The Hall–Kier alpha value is -2.49. The first kappa shape index (κ1) is 12.6. The second-order valence-corrected chi connectivity index (χ2v) is 3.22. The largest absolute Gasteiger partial charge is 0.435 e.